The number of fused-ring (bicyclic) bond motifs is 6. The second kappa shape index (κ2) is 8.36. The van der Waals surface area contributed by atoms with Gasteiger partial charge in [-0.05, 0) is 106 Å². The molecule has 0 saturated heterocycles. The zero-order chi connectivity index (χ0) is 24.5. The first-order chi connectivity index (χ1) is 16.7. The third kappa shape index (κ3) is 3.60. The number of aryl methyl sites for hydroxylation is 1. The normalized spacial score (nSPS) is 41.0. The van der Waals surface area contributed by atoms with Gasteiger partial charge in [-0.15, -0.1) is 0 Å². The van der Waals surface area contributed by atoms with Crippen molar-refractivity contribution in [2.24, 2.45) is 40.9 Å². The molecule has 4 fully saturated rings. The lowest BCUT2D eigenvalue weighted by Gasteiger charge is -2.57. The van der Waals surface area contributed by atoms with Crippen molar-refractivity contribution < 1.29 is 18.7 Å². The number of carbonyl (C=O) groups excluding carboxylic acids is 1. The Labute approximate surface area is 206 Å². The molecule has 1 heterocycles. The van der Waals surface area contributed by atoms with Gasteiger partial charge in [-0.3, -0.25) is 9.48 Å². The van der Waals surface area contributed by atoms with Gasteiger partial charge in [0, 0.05) is 17.0 Å². The number of carbonyl (C=O) groups is 1. The summed E-state index contributed by atoms with van der Waals surface area (Å²) in [7, 11) is 0. The number of benzene rings is 1. The van der Waals surface area contributed by atoms with Crippen LogP contribution in [0.2, 0.25) is 0 Å². The van der Waals surface area contributed by atoms with Crippen LogP contribution in [0.1, 0.15) is 70.4 Å². The summed E-state index contributed by atoms with van der Waals surface area (Å²) in [4.78, 5) is 13.7. The minimum Gasteiger partial charge on any atom is -0.384 e. The van der Waals surface area contributed by atoms with Crippen LogP contribution in [0.15, 0.2) is 24.3 Å². The van der Waals surface area contributed by atoms with E-state index in [0.717, 1.165) is 61.5 Å². The van der Waals surface area contributed by atoms with Gasteiger partial charge >= 0.3 is 0 Å². The molecule has 0 amide bonds. The van der Waals surface area contributed by atoms with E-state index in [-0.39, 0.29) is 30.1 Å². The highest BCUT2D eigenvalue weighted by atomic mass is 19.3. The summed E-state index contributed by atoms with van der Waals surface area (Å²) in [6.45, 7) is 4.75. The smallest absolute Gasteiger partial charge is 0.266 e. The van der Waals surface area contributed by atoms with Gasteiger partial charge < -0.3 is 5.11 Å². The van der Waals surface area contributed by atoms with Gasteiger partial charge in [-0.2, -0.15) is 5.10 Å². The second-order valence-electron chi connectivity index (χ2n) is 12.5. The molecule has 6 rings (SSSR count). The predicted octanol–water partition coefficient (Wildman–Crippen LogP) is 6.18. The molecule has 4 saturated carbocycles. The molecule has 4 nitrogen and oxygen atoms in total. The van der Waals surface area contributed by atoms with E-state index in [1.54, 1.807) is 0 Å². The van der Waals surface area contributed by atoms with E-state index in [2.05, 4.69) is 13.0 Å². The van der Waals surface area contributed by atoms with Gasteiger partial charge in [-0.1, -0.05) is 25.1 Å². The summed E-state index contributed by atoms with van der Waals surface area (Å²) in [5, 5.41) is 16.3. The zero-order valence-electron chi connectivity index (χ0n) is 20.9. The Morgan fingerprint density at radius 2 is 1.86 bits per heavy atom. The molecule has 35 heavy (non-hydrogen) atoms. The number of hydrogen-bond acceptors (Lipinski definition) is 3. The zero-order valence-corrected chi connectivity index (χ0v) is 20.9. The molecule has 8 atom stereocenters. The maximum Gasteiger partial charge on any atom is 0.266 e. The largest absolute Gasteiger partial charge is 0.384 e. The molecule has 6 heteroatoms. The van der Waals surface area contributed by atoms with E-state index in [0.29, 0.717) is 36.0 Å². The second-order valence-corrected chi connectivity index (χ2v) is 12.5. The molecule has 1 N–H and O–H groups in total. The van der Waals surface area contributed by atoms with Crippen LogP contribution in [0.4, 0.5) is 8.78 Å². The van der Waals surface area contributed by atoms with Gasteiger partial charge in [0.1, 0.15) is 12.1 Å². The number of hydrogen-bond donors (Lipinski definition) is 1. The van der Waals surface area contributed by atoms with Crippen LogP contribution in [-0.4, -0.2) is 32.7 Å². The molecular weight excluding hydrogens is 446 g/mol. The fourth-order valence-corrected chi connectivity index (χ4v) is 9.26. The van der Waals surface area contributed by atoms with Crippen molar-refractivity contribution in [3.8, 4) is 0 Å². The van der Waals surface area contributed by atoms with E-state index >= 15 is 0 Å². The highest BCUT2D eigenvalue weighted by molar-refractivity contribution is 5.84. The molecule has 0 radical (unpaired) electrons. The Hall–Kier alpha value is -1.82. The van der Waals surface area contributed by atoms with E-state index in [1.165, 1.54) is 0 Å². The summed E-state index contributed by atoms with van der Waals surface area (Å²) >= 11 is 0. The van der Waals surface area contributed by atoms with Crippen molar-refractivity contribution >= 4 is 16.7 Å². The molecule has 1 aromatic carbocycles. The number of nitrogens with zero attached hydrogens (tertiary/aromatic N) is 2. The maximum atomic E-state index is 13.7. The van der Waals surface area contributed by atoms with Crippen LogP contribution in [0.25, 0.3) is 10.9 Å². The van der Waals surface area contributed by atoms with Gasteiger partial charge in [0.25, 0.3) is 6.43 Å². The van der Waals surface area contributed by atoms with Crippen molar-refractivity contribution in [3.63, 3.8) is 0 Å². The Morgan fingerprint density at radius 1 is 1.09 bits per heavy atom. The topological polar surface area (TPSA) is 55.1 Å². The standard InChI is InChI=1S/C29H38F2N2O2/c1-17-19-5-3-4-6-25(19)32-33(17)16-26(34)24-10-9-23-22-8-7-18-15-29(35,27(30)31)14-12-20(18)21(22)11-13-28(23,24)2/h3-6,18,20-24,27,35H,7-16H2,1-2H3/t18-,20+,21-,22-,23+,24-,28+,29-/m1/s1. The number of aromatic nitrogens is 2. The van der Waals surface area contributed by atoms with Crippen molar-refractivity contribution in [1.29, 1.82) is 0 Å². The van der Waals surface area contributed by atoms with Crippen LogP contribution < -0.4 is 0 Å². The Morgan fingerprint density at radius 3 is 2.63 bits per heavy atom. The van der Waals surface area contributed by atoms with Crippen LogP contribution in [0.5, 0.6) is 0 Å². The summed E-state index contributed by atoms with van der Waals surface area (Å²) in [6.07, 6.45) is 4.81. The van der Waals surface area contributed by atoms with E-state index in [1.807, 2.05) is 29.8 Å². The Bertz CT molecular complexity index is 1130. The number of alkyl halides is 2. The monoisotopic (exact) mass is 484 g/mol. The predicted molar refractivity (Wildman–Crippen MR) is 131 cm³/mol. The van der Waals surface area contributed by atoms with Crippen molar-refractivity contribution in [2.45, 2.75) is 90.2 Å². The van der Waals surface area contributed by atoms with E-state index < -0.39 is 12.0 Å². The lowest BCUT2D eigenvalue weighted by molar-refractivity contribution is -0.160. The summed E-state index contributed by atoms with van der Waals surface area (Å²) in [5.74, 6) is 2.80. The molecule has 2 aromatic rings. The molecular formula is C29H38F2N2O2. The molecule has 0 aliphatic heterocycles. The molecule has 0 unspecified atom stereocenters. The van der Waals surface area contributed by atoms with E-state index in [9.17, 15) is 18.7 Å². The first-order valence-corrected chi connectivity index (χ1v) is 13.7. The minimum absolute atomic E-state index is 0.0317. The van der Waals surface area contributed by atoms with Gasteiger partial charge in [0.15, 0.2) is 5.78 Å². The lowest BCUT2D eigenvalue weighted by atomic mass is 9.49. The number of halogens is 2. The fourth-order valence-electron chi connectivity index (χ4n) is 9.26. The Kier molecular flexibility index (Phi) is 5.63. The molecule has 0 bridgehead atoms. The third-order valence-electron chi connectivity index (χ3n) is 11.1. The van der Waals surface area contributed by atoms with Gasteiger partial charge in [0.2, 0.25) is 0 Å². The van der Waals surface area contributed by atoms with Crippen molar-refractivity contribution in [1.82, 2.24) is 9.78 Å². The van der Waals surface area contributed by atoms with Crippen molar-refractivity contribution in [2.75, 3.05) is 0 Å². The molecule has 1 aromatic heterocycles. The summed E-state index contributed by atoms with van der Waals surface area (Å²) in [5.41, 5.74) is 0.245. The minimum atomic E-state index is -2.64. The lowest BCUT2D eigenvalue weighted by Crippen LogP contribution is -2.53. The summed E-state index contributed by atoms with van der Waals surface area (Å²) < 4.78 is 28.9. The average molecular weight is 485 g/mol. The maximum absolute atomic E-state index is 13.7. The average Bonchev–Trinajstić information content (AvgIpc) is 3.35. The van der Waals surface area contributed by atoms with Gasteiger partial charge in [0.05, 0.1) is 5.52 Å². The number of rotatable bonds is 4. The van der Waals surface area contributed by atoms with Crippen molar-refractivity contribution in [3.05, 3.63) is 30.0 Å². The molecule has 190 valence electrons. The number of aliphatic hydroxyl groups is 1. The molecule has 4 aliphatic rings. The number of ketones is 1. The van der Waals surface area contributed by atoms with Crippen LogP contribution in [0, 0.1) is 47.8 Å². The van der Waals surface area contributed by atoms with Crippen LogP contribution >= 0.6 is 0 Å². The summed E-state index contributed by atoms with van der Waals surface area (Å²) in [6, 6.07) is 8.06. The van der Waals surface area contributed by atoms with Crippen LogP contribution in [-0.2, 0) is 11.3 Å². The quantitative estimate of drug-likeness (QED) is 0.564. The Balaban J connectivity index is 1.18. The van der Waals surface area contributed by atoms with Gasteiger partial charge in [-0.25, -0.2) is 8.78 Å². The number of Topliss-reactive ketones (excluding diaryl/α,β-unsaturated/α-hetero) is 1. The highest BCUT2D eigenvalue weighted by Gasteiger charge is 2.59. The van der Waals surface area contributed by atoms with Crippen LogP contribution in [0.3, 0.4) is 0 Å². The molecule has 0 spiro atoms. The first-order valence-electron chi connectivity index (χ1n) is 13.7. The third-order valence-corrected chi connectivity index (χ3v) is 11.1. The SMILES string of the molecule is Cc1c2ccccc2nn1CC(=O)[C@H]1CC[C@H]2[C@@H]3CC[C@@H]4C[C@@](O)(C(F)F)CC[C@@H]4[C@H]3CC[C@]12C. The molecule has 4 aliphatic carbocycles. The van der Waals surface area contributed by atoms with E-state index in [4.69, 9.17) is 5.10 Å². The fraction of sp³-hybridized carbons (Fsp3) is 0.724. The first kappa shape index (κ1) is 23.6. The highest BCUT2D eigenvalue weighted by Crippen LogP contribution is 2.65.